The van der Waals surface area contributed by atoms with E-state index in [1.165, 1.54) is 0 Å². The van der Waals surface area contributed by atoms with Gasteiger partial charge in [-0.1, -0.05) is 47.9 Å². The summed E-state index contributed by atoms with van der Waals surface area (Å²) >= 11 is 6.16. The summed E-state index contributed by atoms with van der Waals surface area (Å²) in [5, 5.41) is 21.5. The second-order valence-corrected chi connectivity index (χ2v) is 7.59. The molecule has 1 saturated heterocycles. The minimum Gasteiger partial charge on any atom is -0.411 e. The van der Waals surface area contributed by atoms with E-state index in [1.54, 1.807) is 37.3 Å². The molecule has 0 saturated carbocycles. The molecule has 6 heteroatoms. The number of Topliss-reactive ketones (excluding diaryl/α,β-unsaturated/α-hetero) is 1. The number of nitriles is 1. The second-order valence-electron chi connectivity index (χ2n) is 7.19. The van der Waals surface area contributed by atoms with Crippen molar-refractivity contribution in [3.05, 3.63) is 64.2 Å². The molecule has 0 aliphatic carbocycles. The third-order valence-electron chi connectivity index (χ3n) is 5.52. The first-order valence-electron chi connectivity index (χ1n) is 9.22. The summed E-state index contributed by atoms with van der Waals surface area (Å²) in [6.45, 7) is 5.33. The highest BCUT2D eigenvalue weighted by Gasteiger charge is 2.31. The largest absolute Gasteiger partial charge is 0.411 e. The van der Waals surface area contributed by atoms with E-state index in [2.05, 4.69) is 16.1 Å². The van der Waals surface area contributed by atoms with Gasteiger partial charge >= 0.3 is 0 Å². The van der Waals surface area contributed by atoms with Gasteiger partial charge in [-0.2, -0.15) is 5.26 Å². The molecule has 144 valence electrons. The molecule has 1 N–H and O–H groups in total. The van der Waals surface area contributed by atoms with Crippen molar-refractivity contribution < 1.29 is 10.0 Å². The van der Waals surface area contributed by atoms with E-state index in [0.717, 1.165) is 30.8 Å². The van der Waals surface area contributed by atoms with E-state index in [9.17, 15) is 4.79 Å². The van der Waals surface area contributed by atoms with Gasteiger partial charge in [-0.15, -0.1) is 0 Å². The third kappa shape index (κ3) is 4.02. The van der Waals surface area contributed by atoms with Gasteiger partial charge in [0, 0.05) is 30.3 Å². The van der Waals surface area contributed by atoms with Crippen LogP contribution >= 0.6 is 11.6 Å². The fourth-order valence-electron chi connectivity index (χ4n) is 3.63. The van der Waals surface area contributed by atoms with Gasteiger partial charge in [0.2, 0.25) is 0 Å². The van der Waals surface area contributed by atoms with Gasteiger partial charge in [0.05, 0.1) is 16.3 Å². The third-order valence-corrected chi connectivity index (χ3v) is 5.83. The summed E-state index contributed by atoms with van der Waals surface area (Å²) in [6, 6.07) is 14.7. The van der Waals surface area contributed by atoms with Crippen LogP contribution in [0.2, 0.25) is 5.02 Å². The molecule has 1 aliphatic rings. The number of halogens is 1. The Labute approximate surface area is 169 Å². The number of carbonyl (C=O) groups excluding carboxylic acids is 1. The number of carbonyl (C=O) groups is 1. The fraction of sp³-hybridized carbons (Fsp3) is 0.318. The Morgan fingerprint density at radius 1 is 1.29 bits per heavy atom. The number of hydrogen-bond acceptors (Lipinski definition) is 5. The van der Waals surface area contributed by atoms with Crippen LogP contribution in [-0.4, -0.2) is 29.8 Å². The highest BCUT2D eigenvalue weighted by atomic mass is 35.5. The Balaban J connectivity index is 1.68. The number of rotatable bonds is 5. The van der Waals surface area contributed by atoms with Gasteiger partial charge in [0.25, 0.3) is 0 Å². The van der Waals surface area contributed by atoms with Gasteiger partial charge in [0.1, 0.15) is 6.07 Å². The predicted molar refractivity (Wildman–Crippen MR) is 110 cm³/mol. The smallest absolute Gasteiger partial charge is 0.166 e. The normalized spacial score (nSPS) is 18.0. The molecule has 2 aromatic rings. The molecule has 2 aromatic carbocycles. The van der Waals surface area contributed by atoms with E-state index >= 15 is 0 Å². The van der Waals surface area contributed by atoms with Crippen LogP contribution in [0.4, 0.5) is 5.69 Å². The van der Waals surface area contributed by atoms with Crippen molar-refractivity contribution in [2.24, 2.45) is 17.0 Å². The van der Waals surface area contributed by atoms with E-state index in [-0.39, 0.29) is 17.6 Å². The van der Waals surface area contributed by atoms with E-state index in [1.807, 2.05) is 19.1 Å². The van der Waals surface area contributed by atoms with Crippen molar-refractivity contribution >= 4 is 28.8 Å². The van der Waals surface area contributed by atoms with Gasteiger partial charge in [-0.05, 0) is 43.0 Å². The van der Waals surface area contributed by atoms with Gasteiger partial charge in [0.15, 0.2) is 5.78 Å². The lowest BCUT2D eigenvalue weighted by atomic mass is 9.86. The van der Waals surface area contributed by atoms with Crippen molar-refractivity contribution in [3.8, 4) is 6.07 Å². The molecule has 1 fully saturated rings. The Bertz CT molecular complexity index is 947. The van der Waals surface area contributed by atoms with Crippen LogP contribution in [0.5, 0.6) is 0 Å². The quantitative estimate of drug-likeness (QED) is 0.343. The highest BCUT2D eigenvalue weighted by molar-refractivity contribution is 6.32. The van der Waals surface area contributed by atoms with Crippen molar-refractivity contribution in [1.82, 2.24) is 0 Å². The zero-order valence-corrected chi connectivity index (χ0v) is 16.6. The van der Waals surface area contributed by atoms with Crippen LogP contribution in [0.1, 0.15) is 41.8 Å². The summed E-state index contributed by atoms with van der Waals surface area (Å²) in [7, 11) is 0. The molecule has 1 aliphatic heterocycles. The molecule has 3 rings (SSSR count). The number of benzene rings is 2. The number of anilines is 1. The van der Waals surface area contributed by atoms with Crippen LogP contribution < -0.4 is 4.90 Å². The topological polar surface area (TPSA) is 76.7 Å². The number of hydrogen-bond donors (Lipinski definition) is 1. The minimum absolute atomic E-state index is 0.0997. The molecule has 5 nitrogen and oxygen atoms in total. The first-order chi connectivity index (χ1) is 13.4. The molecule has 1 heterocycles. The molecular weight excluding hydrogens is 374 g/mol. The lowest BCUT2D eigenvalue weighted by Crippen LogP contribution is -2.25. The minimum atomic E-state index is -0.0997. The molecule has 28 heavy (non-hydrogen) atoms. The fourth-order valence-corrected chi connectivity index (χ4v) is 3.85. The van der Waals surface area contributed by atoms with E-state index < -0.39 is 0 Å². The average molecular weight is 396 g/mol. The van der Waals surface area contributed by atoms with E-state index in [0.29, 0.717) is 21.9 Å². The predicted octanol–water partition coefficient (Wildman–Crippen LogP) is 4.76. The molecule has 0 amide bonds. The first kappa shape index (κ1) is 19.9. The number of nitrogens with zero attached hydrogens (tertiary/aromatic N) is 3. The maximum absolute atomic E-state index is 12.9. The SMILES string of the molecule is C/C(=N\O)c1ccc(C(=O)C(C)C2CCN(c3ccc(C#N)c(Cl)c3)C2)cc1. The molecule has 0 aromatic heterocycles. The summed E-state index contributed by atoms with van der Waals surface area (Å²) in [5.41, 5.74) is 3.42. The summed E-state index contributed by atoms with van der Waals surface area (Å²) < 4.78 is 0. The van der Waals surface area contributed by atoms with E-state index in [4.69, 9.17) is 22.1 Å². The van der Waals surface area contributed by atoms with Crippen molar-refractivity contribution in [1.29, 1.82) is 5.26 Å². The summed E-state index contributed by atoms with van der Waals surface area (Å²) in [4.78, 5) is 15.1. The number of oxime groups is 1. The summed E-state index contributed by atoms with van der Waals surface area (Å²) in [5.74, 6) is 0.273. The Morgan fingerprint density at radius 3 is 2.57 bits per heavy atom. The summed E-state index contributed by atoms with van der Waals surface area (Å²) in [6.07, 6.45) is 0.929. The number of ketones is 1. The van der Waals surface area contributed by atoms with Gasteiger partial charge in [-0.25, -0.2) is 0 Å². The molecule has 2 unspecified atom stereocenters. The van der Waals surface area contributed by atoms with Crippen molar-refractivity contribution in [2.75, 3.05) is 18.0 Å². The van der Waals surface area contributed by atoms with Crippen LogP contribution in [0.15, 0.2) is 47.6 Å². The lowest BCUT2D eigenvalue weighted by Gasteiger charge is -2.21. The van der Waals surface area contributed by atoms with Crippen molar-refractivity contribution in [2.45, 2.75) is 20.3 Å². The van der Waals surface area contributed by atoms with Gasteiger partial charge in [-0.3, -0.25) is 4.79 Å². The molecule has 0 spiro atoms. The Hall–Kier alpha value is -2.84. The van der Waals surface area contributed by atoms with Crippen LogP contribution in [0, 0.1) is 23.2 Å². The molecular formula is C22H22ClN3O2. The first-order valence-corrected chi connectivity index (χ1v) is 9.60. The monoisotopic (exact) mass is 395 g/mol. The average Bonchev–Trinajstić information content (AvgIpc) is 3.22. The molecule has 0 radical (unpaired) electrons. The molecule has 2 atom stereocenters. The maximum Gasteiger partial charge on any atom is 0.166 e. The highest BCUT2D eigenvalue weighted by Crippen LogP contribution is 2.32. The van der Waals surface area contributed by atoms with Crippen LogP contribution in [0.25, 0.3) is 0 Å². The second kappa shape index (κ2) is 8.45. The zero-order chi connectivity index (χ0) is 20.3. The van der Waals surface area contributed by atoms with Crippen LogP contribution in [-0.2, 0) is 0 Å². The zero-order valence-electron chi connectivity index (χ0n) is 15.9. The van der Waals surface area contributed by atoms with Crippen LogP contribution in [0.3, 0.4) is 0 Å². The van der Waals surface area contributed by atoms with Crippen molar-refractivity contribution in [3.63, 3.8) is 0 Å². The standard InChI is InChI=1S/C22H22ClN3O2/c1-14(22(27)17-5-3-16(4-6-17)15(2)25-28)19-9-10-26(13-19)20-8-7-18(12-24)21(23)11-20/h3-8,11,14,19,28H,9-10,13H2,1-2H3/b25-15+. The van der Waals surface area contributed by atoms with Gasteiger partial charge < -0.3 is 10.1 Å². The molecule has 0 bridgehead atoms. The Morgan fingerprint density at radius 2 is 1.96 bits per heavy atom. The lowest BCUT2D eigenvalue weighted by molar-refractivity contribution is 0.0894. The maximum atomic E-state index is 12.9. The Kier molecular flexibility index (Phi) is 6.01.